The Kier molecular flexibility index (Phi) is 4.59. The fourth-order valence-electron chi connectivity index (χ4n) is 1.91. The summed E-state index contributed by atoms with van der Waals surface area (Å²) in [4.78, 5) is 11.2. The van der Waals surface area contributed by atoms with Gasteiger partial charge in [-0.05, 0) is 11.6 Å². The van der Waals surface area contributed by atoms with Crippen molar-refractivity contribution >= 4 is 5.97 Å². The van der Waals surface area contributed by atoms with E-state index in [9.17, 15) is 18.0 Å². The van der Waals surface area contributed by atoms with Crippen LogP contribution in [0.3, 0.4) is 0 Å². The van der Waals surface area contributed by atoms with Crippen LogP contribution in [0.2, 0.25) is 0 Å². The zero-order valence-corrected chi connectivity index (χ0v) is 10.8. The molecule has 2 rings (SSSR count). The minimum Gasteiger partial charge on any atom is -0.480 e. The Morgan fingerprint density at radius 1 is 1.05 bits per heavy atom. The molecule has 0 aliphatic carbocycles. The van der Waals surface area contributed by atoms with Crippen LogP contribution in [0.4, 0.5) is 13.2 Å². The Labute approximate surface area is 119 Å². The van der Waals surface area contributed by atoms with E-state index in [1.54, 1.807) is 30.3 Å². The van der Waals surface area contributed by atoms with Crippen LogP contribution in [0.5, 0.6) is 0 Å². The summed E-state index contributed by atoms with van der Waals surface area (Å²) >= 11 is 0. The minimum absolute atomic E-state index is 0.149. The molecule has 0 saturated heterocycles. The minimum atomic E-state index is -1.47. The van der Waals surface area contributed by atoms with E-state index in [1.807, 2.05) is 0 Å². The van der Waals surface area contributed by atoms with Gasteiger partial charge < -0.3 is 5.11 Å². The first kappa shape index (κ1) is 15.1. The van der Waals surface area contributed by atoms with Crippen molar-refractivity contribution in [2.24, 2.45) is 0 Å². The molecule has 110 valence electrons. The molecule has 0 amide bonds. The highest BCUT2D eigenvalue weighted by Gasteiger charge is 2.24. The standard InChI is InChI=1S/C15H12F3NO2/c16-11-7-13(18)12(17)6-10(11)14(15(20)21)19-8-9-4-2-1-3-5-9/h1-7,14,19H,8H2,(H,20,21). The van der Waals surface area contributed by atoms with Gasteiger partial charge in [-0.2, -0.15) is 0 Å². The molecule has 1 atom stereocenters. The Hall–Kier alpha value is -2.34. The predicted molar refractivity (Wildman–Crippen MR) is 70.0 cm³/mol. The molecule has 21 heavy (non-hydrogen) atoms. The molecular weight excluding hydrogens is 283 g/mol. The van der Waals surface area contributed by atoms with Crippen molar-refractivity contribution in [3.8, 4) is 0 Å². The third-order valence-corrected chi connectivity index (χ3v) is 2.95. The number of nitrogens with one attached hydrogen (secondary N) is 1. The Bertz CT molecular complexity index is 647. The summed E-state index contributed by atoms with van der Waals surface area (Å²) in [6.45, 7) is 0.149. The molecule has 0 aliphatic rings. The number of benzene rings is 2. The van der Waals surface area contributed by atoms with E-state index >= 15 is 0 Å². The van der Waals surface area contributed by atoms with Crippen molar-refractivity contribution in [3.63, 3.8) is 0 Å². The molecule has 0 aliphatic heterocycles. The van der Waals surface area contributed by atoms with Crippen molar-refractivity contribution in [1.82, 2.24) is 5.32 Å². The molecule has 6 heteroatoms. The summed E-state index contributed by atoms with van der Waals surface area (Å²) in [7, 11) is 0. The average Bonchev–Trinajstić information content (AvgIpc) is 2.45. The van der Waals surface area contributed by atoms with Crippen LogP contribution < -0.4 is 5.32 Å². The van der Waals surface area contributed by atoms with Crippen LogP contribution in [0.15, 0.2) is 42.5 Å². The summed E-state index contributed by atoms with van der Waals surface area (Å²) in [5.41, 5.74) is 0.337. The van der Waals surface area contributed by atoms with E-state index in [2.05, 4.69) is 5.32 Å². The lowest BCUT2D eigenvalue weighted by Gasteiger charge is -2.16. The third-order valence-electron chi connectivity index (χ3n) is 2.95. The van der Waals surface area contributed by atoms with Crippen LogP contribution in [-0.2, 0) is 11.3 Å². The number of aliphatic carboxylic acids is 1. The molecule has 0 spiro atoms. The second kappa shape index (κ2) is 6.41. The van der Waals surface area contributed by atoms with E-state index < -0.39 is 35.0 Å². The predicted octanol–water partition coefficient (Wildman–Crippen LogP) is 3.02. The zero-order chi connectivity index (χ0) is 15.4. The lowest BCUT2D eigenvalue weighted by atomic mass is 10.1. The van der Waals surface area contributed by atoms with E-state index in [0.717, 1.165) is 5.56 Å². The molecule has 0 bridgehead atoms. The normalized spacial score (nSPS) is 12.1. The third kappa shape index (κ3) is 3.61. The summed E-state index contributed by atoms with van der Waals surface area (Å²) in [6, 6.07) is 8.27. The van der Waals surface area contributed by atoms with Gasteiger partial charge in [0.05, 0.1) is 0 Å². The summed E-state index contributed by atoms with van der Waals surface area (Å²) in [5, 5.41) is 11.8. The molecule has 2 aromatic carbocycles. The van der Waals surface area contributed by atoms with Gasteiger partial charge in [0.1, 0.15) is 11.9 Å². The van der Waals surface area contributed by atoms with Crippen molar-refractivity contribution in [2.45, 2.75) is 12.6 Å². The van der Waals surface area contributed by atoms with Crippen molar-refractivity contribution in [3.05, 3.63) is 71.0 Å². The highest BCUT2D eigenvalue weighted by Crippen LogP contribution is 2.21. The van der Waals surface area contributed by atoms with E-state index in [0.29, 0.717) is 12.1 Å². The molecule has 2 N–H and O–H groups in total. The van der Waals surface area contributed by atoms with Crippen LogP contribution in [-0.4, -0.2) is 11.1 Å². The van der Waals surface area contributed by atoms with Gasteiger partial charge in [-0.25, -0.2) is 13.2 Å². The van der Waals surface area contributed by atoms with Gasteiger partial charge in [-0.15, -0.1) is 0 Å². The number of carboxylic acid groups (broad SMARTS) is 1. The van der Waals surface area contributed by atoms with E-state index in [4.69, 9.17) is 5.11 Å². The summed E-state index contributed by atoms with van der Waals surface area (Å²) < 4.78 is 39.7. The summed E-state index contributed by atoms with van der Waals surface area (Å²) in [6.07, 6.45) is 0. The first-order chi connectivity index (χ1) is 9.99. The first-order valence-corrected chi connectivity index (χ1v) is 6.13. The first-order valence-electron chi connectivity index (χ1n) is 6.13. The molecule has 2 aromatic rings. The van der Waals surface area contributed by atoms with Crippen LogP contribution in [0.25, 0.3) is 0 Å². The fraction of sp³-hybridized carbons (Fsp3) is 0.133. The number of halogens is 3. The Morgan fingerprint density at radius 3 is 2.29 bits per heavy atom. The average molecular weight is 295 g/mol. The van der Waals surface area contributed by atoms with Crippen molar-refractivity contribution in [2.75, 3.05) is 0 Å². The molecule has 0 fully saturated rings. The van der Waals surface area contributed by atoms with Gasteiger partial charge in [0.2, 0.25) is 0 Å². The molecule has 0 aromatic heterocycles. The molecule has 1 unspecified atom stereocenters. The van der Waals surface area contributed by atoms with Gasteiger partial charge in [0.25, 0.3) is 0 Å². The number of carboxylic acids is 1. The molecule has 0 radical (unpaired) electrons. The highest BCUT2D eigenvalue weighted by molar-refractivity contribution is 5.75. The van der Waals surface area contributed by atoms with Gasteiger partial charge >= 0.3 is 5.97 Å². The van der Waals surface area contributed by atoms with Crippen LogP contribution in [0, 0.1) is 17.5 Å². The van der Waals surface area contributed by atoms with Gasteiger partial charge in [-0.3, -0.25) is 10.1 Å². The SMILES string of the molecule is O=C(O)C(NCc1ccccc1)c1cc(F)c(F)cc1F. The lowest BCUT2D eigenvalue weighted by Crippen LogP contribution is -2.29. The highest BCUT2D eigenvalue weighted by atomic mass is 19.2. The van der Waals surface area contributed by atoms with E-state index in [1.165, 1.54) is 0 Å². The lowest BCUT2D eigenvalue weighted by molar-refractivity contribution is -0.139. The summed E-state index contributed by atoms with van der Waals surface area (Å²) in [5.74, 6) is -5.14. The Morgan fingerprint density at radius 2 is 1.67 bits per heavy atom. The number of hydrogen-bond acceptors (Lipinski definition) is 2. The quantitative estimate of drug-likeness (QED) is 0.834. The smallest absolute Gasteiger partial charge is 0.325 e. The monoisotopic (exact) mass is 295 g/mol. The maximum absolute atomic E-state index is 13.7. The fourth-order valence-corrected chi connectivity index (χ4v) is 1.91. The van der Waals surface area contributed by atoms with E-state index in [-0.39, 0.29) is 6.54 Å². The van der Waals surface area contributed by atoms with Crippen LogP contribution >= 0.6 is 0 Å². The Balaban J connectivity index is 2.23. The molecule has 0 heterocycles. The molecule has 0 saturated carbocycles. The molecular formula is C15H12F3NO2. The van der Waals surface area contributed by atoms with Gasteiger partial charge in [-0.1, -0.05) is 30.3 Å². The van der Waals surface area contributed by atoms with Crippen molar-refractivity contribution in [1.29, 1.82) is 0 Å². The number of rotatable bonds is 5. The second-order valence-corrected chi connectivity index (χ2v) is 4.43. The number of carbonyl (C=O) groups is 1. The second-order valence-electron chi connectivity index (χ2n) is 4.43. The maximum atomic E-state index is 13.7. The largest absolute Gasteiger partial charge is 0.480 e. The van der Waals surface area contributed by atoms with Gasteiger partial charge in [0, 0.05) is 18.2 Å². The zero-order valence-electron chi connectivity index (χ0n) is 10.8. The number of hydrogen-bond donors (Lipinski definition) is 2. The van der Waals surface area contributed by atoms with Crippen LogP contribution in [0.1, 0.15) is 17.2 Å². The van der Waals surface area contributed by atoms with Crippen molar-refractivity contribution < 1.29 is 23.1 Å². The van der Waals surface area contributed by atoms with Gasteiger partial charge in [0.15, 0.2) is 11.6 Å². The topological polar surface area (TPSA) is 49.3 Å². The maximum Gasteiger partial charge on any atom is 0.325 e. The molecule has 3 nitrogen and oxygen atoms in total.